The second-order valence-corrected chi connectivity index (χ2v) is 7.55. The molecule has 1 heterocycles. The number of piperidine rings is 1. The molecule has 0 aromatic heterocycles. The van der Waals surface area contributed by atoms with Crippen LogP contribution in [0.4, 0.5) is 5.69 Å². The van der Waals surface area contributed by atoms with Gasteiger partial charge in [0.2, 0.25) is 0 Å². The minimum atomic E-state index is -3.43. The Hall–Kier alpha value is -1.11. The molecule has 6 heteroatoms. The van der Waals surface area contributed by atoms with Gasteiger partial charge in [-0.15, -0.1) is 0 Å². The van der Waals surface area contributed by atoms with Gasteiger partial charge in [-0.2, -0.15) is 12.7 Å². The maximum Gasteiger partial charge on any atom is 0.301 e. The van der Waals surface area contributed by atoms with Crippen LogP contribution in [0.25, 0.3) is 0 Å². The third kappa shape index (κ3) is 4.98. The van der Waals surface area contributed by atoms with Crippen molar-refractivity contribution in [2.45, 2.75) is 32.7 Å². The van der Waals surface area contributed by atoms with Gasteiger partial charge in [0.15, 0.2) is 0 Å². The number of anilines is 1. The number of benzene rings is 1. The molecule has 0 atom stereocenters. The molecule has 0 unspecified atom stereocenters. The smallest absolute Gasteiger partial charge is 0.301 e. The molecule has 5 nitrogen and oxygen atoms in total. The fraction of sp³-hybridized carbons (Fsp3) is 0.600. The zero-order chi connectivity index (χ0) is 15.3. The Kier molecular flexibility index (Phi) is 5.61. The van der Waals surface area contributed by atoms with Crippen LogP contribution in [-0.2, 0) is 10.2 Å². The summed E-state index contributed by atoms with van der Waals surface area (Å²) in [5.41, 5.74) is 0.612. The van der Waals surface area contributed by atoms with Crippen molar-refractivity contribution in [2.24, 2.45) is 5.92 Å². The molecule has 2 N–H and O–H groups in total. The van der Waals surface area contributed by atoms with E-state index in [0.717, 1.165) is 19.4 Å². The second-order valence-electron chi connectivity index (χ2n) is 5.88. The first-order valence-electron chi connectivity index (χ1n) is 7.53. The number of rotatable bonds is 6. The molecule has 1 fully saturated rings. The lowest BCUT2D eigenvalue weighted by Gasteiger charge is -2.31. The molecule has 0 radical (unpaired) electrons. The highest BCUT2D eigenvalue weighted by Crippen LogP contribution is 2.20. The SMILES string of the molecule is CC(C)NCC1CCN(S(=O)(=O)Nc2ccccc2)CC1. The number of nitrogens with one attached hydrogen (secondary N) is 2. The number of nitrogens with zero attached hydrogens (tertiary/aromatic N) is 1. The van der Waals surface area contributed by atoms with Crippen molar-refractivity contribution in [3.63, 3.8) is 0 Å². The van der Waals surface area contributed by atoms with Gasteiger partial charge in [0.1, 0.15) is 0 Å². The van der Waals surface area contributed by atoms with Crippen LogP contribution in [0.15, 0.2) is 30.3 Å². The molecule has 0 saturated carbocycles. The van der Waals surface area contributed by atoms with Gasteiger partial charge >= 0.3 is 10.2 Å². The van der Waals surface area contributed by atoms with Crippen LogP contribution in [0.2, 0.25) is 0 Å². The predicted molar refractivity (Wildman–Crippen MR) is 86.4 cm³/mol. The van der Waals surface area contributed by atoms with Crippen LogP contribution >= 0.6 is 0 Å². The Morgan fingerprint density at radius 1 is 1.19 bits per heavy atom. The molecule has 0 bridgehead atoms. The van der Waals surface area contributed by atoms with Crippen molar-refractivity contribution < 1.29 is 8.42 Å². The van der Waals surface area contributed by atoms with Gasteiger partial charge in [-0.25, -0.2) is 0 Å². The van der Waals surface area contributed by atoms with Crippen LogP contribution in [-0.4, -0.2) is 38.4 Å². The van der Waals surface area contributed by atoms with Gasteiger partial charge < -0.3 is 5.32 Å². The summed E-state index contributed by atoms with van der Waals surface area (Å²) in [5, 5.41) is 3.43. The first-order valence-corrected chi connectivity index (χ1v) is 8.97. The molecule has 1 saturated heterocycles. The first-order chi connectivity index (χ1) is 9.97. The van der Waals surface area contributed by atoms with Crippen LogP contribution in [0.5, 0.6) is 0 Å². The van der Waals surface area contributed by atoms with Gasteiger partial charge in [0.25, 0.3) is 0 Å². The minimum Gasteiger partial charge on any atom is -0.314 e. The van der Waals surface area contributed by atoms with Crippen LogP contribution < -0.4 is 10.0 Å². The Balaban J connectivity index is 1.86. The molecule has 21 heavy (non-hydrogen) atoms. The quantitative estimate of drug-likeness (QED) is 0.845. The summed E-state index contributed by atoms with van der Waals surface area (Å²) in [7, 11) is -3.43. The van der Waals surface area contributed by atoms with Crippen LogP contribution in [0, 0.1) is 5.92 Å². The normalized spacial score (nSPS) is 18.0. The van der Waals surface area contributed by atoms with E-state index in [1.807, 2.05) is 18.2 Å². The highest BCUT2D eigenvalue weighted by atomic mass is 32.2. The van der Waals surface area contributed by atoms with E-state index in [-0.39, 0.29) is 0 Å². The summed E-state index contributed by atoms with van der Waals surface area (Å²) in [5.74, 6) is 0.565. The molecule has 0 spiro atoms. The zero-order valence-electron chi connectivity index (χ0n) is 12.7. The summed E-state index contributed by atoms with van der Waals surface area (Å²) in [6.07, 6.45) is 1.82. The lowest BCUT2D eigenvalue weighted by molar-refractivity contribution is 0.265. The summed E-state index contributed by atoms with van der Waals surface area (Å²) in [4.78, 5) is 0. The molecular formula is C15H25N3O2S. The summed E-state index contributed by atoms with van der Waals surface area (Å²) < 4.78 is 28.8. The van der Waals surface area contributed by atoms with Gasteiger partial charge in [-0.3, -0.25) is 4.72 Å². The average Bonchev–Trinajstić information content (AvgIpc) is 2.46. The maximum atomic E-state index is 12.3. The van der Waals surface area contributed by atoms with E-state index in [1.165, 1.54) is 0 Å². The van der Waals surface area contributed by atoms with Gasteiger partial charge in [0.05, 0.1) is 0 Å². The van der Waals surface area contributed by atoms with Crippen molar-refractivity contribution in [3.05, 3.63) is 30.3 Å². The molecule has 1 aromatic carbocycles. The van der Waals surface area contributed by atoms with Crippen molar-refractivity contribution in [2.75, 3.05) is 24.4 Å². The third-order valence-corrected chi connectivity index (χ3v) is 5.29. The lowest BCUT2D eigenvalue weighted by atomic mass is 9.98. The Morgan fingerprint density at radius 2 is 1.81 bits per heavy atom. The highest BCUT2D eigenvalue weighted by Gasteiger charge is 2.27. The first kappa shape index (κ1) is 16.3. The summed E-state index contributed by atoms with van der Waals surface area (Å²) >= 11 is 0. The van der Waals surface area contributed by atoms with Crippen molar-refractivity contribution in [1.82, 2.24) is 9.62 Å². The fourth-order valence-corrected chi connectivity index (χ4v) is 3.73. The largest absolute Gasteiger partial charge is 0.314 e. The van der Waals surface area contributed by atoms with Gasteiger partial charge in [-0.1, -0.05) is 32.0 Å². The van der Waals surface area contributed by atoms with E-state index < -0.39 is 10.2 Å². The molecule has 2 rings (SSSR count). The number of hydrogen-bond donors (Lipinski definition) is 2. The molecule has 1 aliphatic rings. The fourth-order valence-electron chi connectivity index (χ4n) is 2.48. The van der Waals surface area contributed by atoms with E-state index in [9.17, 15) is 8.42 Å². The highest BCUT2D eigenvalue weighted by molar-refractivity contribution is 7.90. The van der Waals surface area contributed by atoms with E-state index in [4.69, 9.17) is 0 Å². The van der Waals surface area contributed by atoms with Crippen LogP contribution in [0.3, 0.4) is 0 Å². The Labute approximate surface area is 127 Å². The average molecular weight is 311 g/mol. The maximum absolute atomic E-state index is 12.3. The number of hydrogen-bond acceptors (Lipinski definition) is 3. The van der Waals surface area contributed by atoms with E-state index in [1.54, 1.807) is 16.4 Å². The topological polar surface area (TPSA) is 61.4 Å². The zero-order valence-corrected chi connectivity index (χ0v) is 13.6. The monoisotopic (exact) mass is 311 g/mol. The second kappa shape index (κ2) is 7.24. The molecule has 1 aliphatic heterocycles. The standard InChI is InChI=1S/C15H25N3O2S/c1-13(2)16-12-14-8-10-18(11-9-14)21(19,20)17-15-6-4-3-5-7-15/h3-7,13-14,16-17H,8-12H2,1-2H3. The summed E-state index contributed by atoms with van der Waals surface area (Å²) in [6.45, 7) is 6.41. The van der Waals surface area contributed by atoms with Gasteiger partial charge in [0, 0.05) is 24.8 Å². The van der Waals surface area contributed by atoms with Crippen molar-refractivity contribution in [1.29, 1.82) is 0 Å². The summed E-state index contributed by atoms with van der Waals surface area (Å²) in [6, 6.07) is 9.51. The minimum absolute atomic E-state index is 0.478. The predicted octanol–water partition coefficient (Wildman–Crippen LogP) is 2.05. The third-order valence-electron chi connectivity index (χ3n) is 3.75. The molecule has 0 amide bonds. The molecular weight excluding hydrogens is 286 g/mol. The molecule has 118 valence electrons. The van der Waals surface area contributed by atoms with Gasteiger partial charge in [-0.05, 0) is 37.4 Å². The van der Waals surface area contributed by atoms with Crippen molar-refractivity contribution >= 4 is 15.9 Å². The Morgan fingerprint density at radius 3 is 2.38 bits per heavy atom. The molecule has 0 aliphatic carbocycles. The van der Waals surface area contributed by atoms with E-state index >= 15 is 0 Å². The Bertz CT molecular complexity index is 523. The van der Waals surface area contributed by atoms with E-state index in [2.05, 4.69) is 23.9 Å². The van der Waals surface area contributed by atoms with Crippen molar-refractivity contribution in [3.8, 4) is 0 Å². The number of para-hydroxylation sites is 1. The molecule has 1 aromatic rings. The lowest BCUT2D eigenvalue weighted by Crippen LogP contribution is -2.43. The van der Waals surface area contributed by atoms with E-state index in [0.29, 0.717) is 30.7 Å². The van der Waals surface area contributed by atoms with Crippen LogP contribution in [0.1, 0.15) is 26.7 Å².